The summed E-state index contributed by atoms with van der Waals surface area (Å²) in [6.07, 6.45) is 1.28. The quantitative estimate of drug-likeness (QED) is 0.792. The van der Waals surface area contributed by atoms with Gasteiger partial charge in [0.2, 0.25) is 0 Å². The third-order valence-electron chi connectivity index (χ3n) is 4.70. The molecule has 0 aliphatic carbocycles. The van der Waals surface area contributed by atoms with E-state index in [2.05, 4.69) is 50.2 Å². The van der Waals surface area contributed by atoms with Crippen molar-refractivity contribution in [3.05, 3.63) is 22.2 Å². The monoisotopic (exact) mass is 307 g/mol. The first-order valence-corrected chi connectivity index (χ1v) is 7.57. The van der Waals surface area contributed by atoms with Gasteiger partial charge in [0.05, 0.1) is 11.4 Å². The lowest BCUT2D eigenvalue weighted by atomic mass is 9.90. The zero-order valence-corrected chi connectivity index (χ0v) is 12.2. The van der Waals surface area contributed by atoms with E-state index in [1.54, 1.807) is 5.56 Å². The molecule has 2 unspecified atom stereocenters. The molecule has 1 saturated heterocycles. The van der Waals surface area contributed by atoms with Crippen molar-refractivity contribution in [1.29, 1.82) is 0 Å². The number of anilines is 2. The molecule has 3 nitrogen and oxygen atoms in total. The van der Waals surface area contributed by atoms with Crippen LogP contribution in [0.1, 0.15) is 17.9 Å². The number of nitrogens with one attached hydrogen (secondary N) is 1. The minimum Gasteiger partial charge on any atom is -0.371 e. The third kappa shape index (κ3) is 1.39. The van der Waals surface area contributed by atoms with Crippen molar-refractivity contribution in [3.8, 4) is 0 Å². The maximum atomic E-state index is 3.68. The highest BCUT2D eigenvalue weighted by atomic mass is 79.9. The Labute approximate surface area is 116 Å². The molecule has 3 aliphatic rings. The molecule has 18 heavy (non-hydrogen) atoms. The summed E-state index contributed by atoms with van der Waals surface area (Å²) in [5, 5.41) is 3.56. The Kier molecular flexibility index (Phi) is 2.39. The molecule has 4 rings (SSSR count). The van der Waals surface area contributed by atoms with Gasteiger partial charge in [-0.2, -0.15) is 0 Å². The van der Waals surface area contributed by atoms with Crippen LogP contribution >= 0.6 is 15.9 Å². The molecule has 1 aromatic rings. The standard InChI is InChI=1S/C14H18BrN3/c1-17-4-5-18-12-2-3-16-8-11(12)10-6-9(15)7-13(17)14(10)18/h6-7,11-12,16H,2-5,8H2,1H3. The molecule has 1 aromatic carbocycles. The molecule has 4 heteroatoms. The van der Waals surface area contributed by atoms with Crippen LogP contribution in [0, 0.1) is 0 Å². The van der Waals surface area contributed by atoms with Crippen molar-refractivity contribution in [2.75, 3.05) is 43.0 Å². The SMILES string of the molecule is CN1CCN2c3c(cc(Br)cc31)C1CNCCC12. The van der Waals surface area contributed by atoms with Crippen LogP contribution in [0.4, 0.5) is 11.4 Å². The van der Waals surface area contributed by atoms with Crippen molar-refractivity contribution < 1.29 is 0 Å². The smallest absolute Gasteiger partial charge is 0.0644 e. The first-order valence-electron chi connectivity index (χ1n) is 6.77. The number of likely N-dealkylation sites (N-methyl/N-ethyl adjacent to an activating group) is 1. The van der Waals surface area contributed by atoms with E-state index < -0.39 is 0 Å². The maximum absolute atomic E-state index is 3.68. The Morgan fingerprint density at radius 2 is 2.22 bits per heavy atom. The van der Waals surface area contributed by atoms with E-state index in [0.717, 1.165) is 25.7 Å². The molecule has 0 spiro atoms. The van der Waals surface area contributed by atoms with E-state index in [4.69, 9.17) is 0 Å². The second-order valence-corrected chi connectivity index (χ2v) is 6.56. The molecule has 1 N–H and O–H groups in total. The number of nitrogens with zero attached hydrogens (tertiary/aromatic N) is 2. The van der Waals surface area contributed by atoms with Crippen molar-refractivity contribution in [3.63, 3.8) is 0 Å². The minimum absolute atomic E-state index is 0.677. The molecule has 3 heterocycles. The summed E-state index contributed by atoms with van der Waals surface area (Å²) in [7, 11) is 2.21. The molecule has 0 bridgehead atoms. The summed E-state index contributed by atoms with van der Waals surface area (Å²) < 4.78 is 1.22. The Morgan fingerprint density at radius 1 is 1.33 bits per heavy atom. The number of benzene rings is 1. The van der Waals surface area contributed by atoms with E-state index >= 15 is 0 Å². The number of rotatable bonds is 0. The van der Waals surface area contributed by atoms with Gasteiger partial charge in [-0.25, -0.2) is 0 Å². The molecule has 1 fully saturated rings. The summed E-state index contributed by atoms with van der Waals surface area (Å²) in [5.41, 5.74) is 4.45. The summed E-state index contributed by atoms with van der Waals surface area (Å²) >= 11 is 3.68. The molecule has 0 saturated carbocycles. The first kappa shape index (κ1) is 11.1. The van der Waals surface area contributed by atoms with Gasteiger partial charge in [0.25, 0.3) is 0 Å². The van der Waals surface area contributed by atoms with Crippen LogP contribution in [0.2, 0.25) is 0 Å². The van der Waals surface area contributed by atoms with Gasteiger partial charge in [0.1, 0.15) is 0 Å². The van der Waals surface area contributed by atoms with Crippen LogP contribution in [-0.4, -0.2) is 39.3 Å². The molecule has 3 aliphatic heterocycles. The zero-order chi connectivity index (χ0) is 12.3. The van der Waals surface area contributed by atoms with Gasteiger partial charge < -0.3 is 15.1 Å². The highest BCUT2D eigenvalue weighted by Crippen LogP contribution is 2.50. The molecule has 0 aromatic heterocycles. The van der Waals surface area contributed by atoms with Gasteiger partial charge in [0, 0.05) is 43.1 Å². The van der Waals surface area contributed by atoms with Crippen LogP contribution in [0.15, 0.2) is 16.6 Å². The molecule has 2 atom stereocenters. The van der Waals surface area contributed by atoms with E-state index in [1.165, 1.54) is 28.8 Å². The van der Waals surface area contributed by atoms with Crippen molar-refractivity contribution >= 4 is 27.3 Å². The average Bonchev–Trinajstić information content (AvgIpc) is 2.69. The number of halogens is 1. The second kappa shape index (κ2) is 3.87. The number of hydrogen-bond donors (Lipinski definition) is 1. The normalized spacial score (nSPS) is 29.2. The van der Waals surface area contributed by atoms with Crippen molar-refractivity contribution in [2.45, 2.75) is 18.4 Å². The molecule has 0 amide bonds. The van der Waals surface area contributed by atoms with Crippen LogP contribution in [0.5, 0.6) is 0 Å². The molecule has 0 radical (unpaired) electrons. The maximum Gasteiger partial charge on any atom is 0.0644 e. The van der Waals surface area contributed by atoms with Crippen LogP contribution < -0.4 is 15.1 Å². The van der Waals surface area contributed by atoms with Crippen molar-refractivity contribution in [2.24, 2.45) is 0 Å². The Hall–Kier alpha value is -0.740. The molecule has 96 valence electrons. The Morgan fingerprint density at radius 3 is 3.11 bits per heavy atom. The van der Waals surface area contributed by atoms with Gasteiger partial charge in [-0.15, -0.1) is 0 Å². The predicted molar refractivity (Wildman–Crippen MR) is 78.8 cm³/mol. The van der Waals surface area contributed by atoms with E-state index in [9.17, 15) is 0 Å². The summed E-state index contributed by atoms with van der Waals surface area (Å²) in [5.74, 6) is 0.677. The van der Waals surface area contributed by atoms with Crippen LogP contribution in [-0.2, 0) is 0 Å². The van der Waals surface area contributed by atoms with Gasteiger partial charge in [-0.05, 0) is 30.7 Å². The predicted octanol–water partition coefficient (Wildman–Crippen LogP) is 2.16. The second-order valence-electron chi connectivity index (χ2n) is 5.64. The number of piperidine rings is 1. The lowest BCUT2D eigenvalue weighted by Gasteiger charge is -2.39. The fourth-order valence-corrected chi connectivity index (χ4v) is 4.31. The Bertz CT molecular complexity index is 502. The fourth-order valence-electron chi connectivity index (χ4n) is 3.85. The summed E-state index contributed by atoms with van der Waals surface area (Å²) in [4.78, 5) is 5.06. The Balaban J connectivity index is 1.92. The summed E-state index contributed by atoms with van der Waals surface area (Å²) in [6.45, 7) is 4.62. The van der Waals surface area contributed by atoms with Gasteiger partial charge >= 0.3 is 0 Å². The summed E-state index contributed by atoms with van der Waals surface area (Å²) in [6, 6.07) is 5.33. The van der Waals surface area contributed by atoms with Crippen molar-refractivity contribution in [1.82, 2.24) is 5.32 Å². The highest BCUT2D eigenvalue weighted by molar-refractivity contribution is 9.10. The van der Waals surface area contributed by atoms with Gasteiger partial charge in [-0.1, -0.05) is 15.9 Å². The number of fused-ring (bicyclic) bond motifs is 3. The average molecular weight is 308 g/mol. The van der Waals surface area contributed by atoms with Crippen LogP contribution in [0.3, 0.4) is 0 Å². The fraction of sp³-hybridized carbons (Fsp3) is 0.571. The topological polar surface area (TPSA) is 18.5 Å². The molecular formula is C14H18BrN3. The minimum atomic E-state index is 0.677. The largest absolute Gasteiger partial charge is 0.371 e. The highest BCUT2D eigenvalue weighted by Gasteiger charge is 2.43. The lowest BCUT2D eigenvalue weighted by Crippen LogP contribution is -2.48. The number of hydrogen-bond acceptors (Lipinski definition) is 3. The van der Waals surface area contributed by atoms with Gasteiger partial charge in [0.15, 0.2) is 0 Å². The van der Waals surface area contributed by atoms with Crippen LogP contribution in [0.25, 0.3) is 0 Å². The molecular weight excluding hydrogens is 290 g/mol. The van der Waals surface area contributed by atoms with E-state index in [0.29, 0.717) is 5.92 Å². The zero-order valence-electron chi connectivity index (χ0n) is 10.6. The van der Waals surface area contributed by atoms with E-state index in [-0.39, 0.29) is 0 Å². The first-order chi connectivity index (χ1) is 8.75. The third-order valence-corrected chi connectivity index (χ3v) is 5.16. The van der Waals surface area contributed by atoms with E-state index in [1.807, 2.05) is 0 Å². The lowest BCUT2D eigenvalue weighted by molar-refractivity contribution is 0.402. The van der Waals surface area contributed by atoms with Gasteiger partial charge in [-0.3, -0.25) is 0 Å².